The molecular weight excluding hydrogens is 316 g/mol. The number of hydrogen-bond acceptors (Lipinski definition) is 6. The maximum atomic E-state index is 11.8. The highest BCUT2D eigenvalue weighted by Gasteiger charge is 2.17. The molecule has 2 N–H and O–H groups in total. The number of nitro benzene ring substituents is 1. The van der Waals surface area contributed by atoms with Crippen LogP contribution < -0.4 is 5.32 Å². The van der Waals surface area contributed by atoms with Gasteiger partial charge in [0.25, 0.3) is 11.6 Å². The van der Waals surface area contributed by atoms with Crippen molar-refractivity contribution in [2.45, 2.75) is 6.92 Å². The highest BCUT2D eigenvalue weighted by Crippen LogP contribution is 2.23. The van der Waals surface area contributed by atoms with E-state index in [1.807, 2.05) is 0 Å². The number of phenolic OH excluding ortho intramolecular Hbond substituents is 1. The number of carbonyl (C=O) groups is 2. The Balaban J connectivity index is 1.99. The third kappa shape index (κ3) is 4.07. The summed E-state index contributed by atoms with van der Waals surface area (Å²) in [5, 5.41) is 22.8. The van der Waals surface area contributed by atoms with Crippen LogP contribution in [0.3, 0.4) is 0 Å². The molecule has 0 atom stereocenters. The van der Waals surface area contributed by atoms with E-state index in [0.29, 0.717) is 0 Å². The number of phenols is 1. The molecule has 1 amide bonds. The summed E-state index contributed by atoms with van der Waals surface area (Å²) in [6, 6.07) is 9.99. The van der Waals surface area contributed by atoms with E-state index in [0.717, 1.165) is 5.56 Å². The summed E-state index contributed by atoms with van der Waals surface area (Å²) in [5.41, 5.74) is 0.423. The van der Waals surface area contributed by atoms with Gasteiger partial charge in [-0.3, -0.25) is 14.9 Å². The molecular formula is C16H14N2O6. The molecule has 124 valence electrons. The average molecular weight is 330 g/mol. The van der Waals surface area contributed by atoms with Gasteiger partial charge in [0.05, 0.1) is 4.92 Å². The number of aromatic hydroxyl groups is 1. The van der Waals surface area contributed by atoms with Gasteiger partial charge >= 0.3 is 5.97 Å². The van der Waals surface area contributed by atoms with Crippen LogP contribution in [0, 0.1) is 17.0 Å². The first-order valence-corrected chi connectivity index (χ1v) is 6.88. The van der Waals surface area contributed by atoms with E-state index in [4.69, 9.17) is 4.74 Å². The molecule has 2 rings (SSSR count). The Labute approximate surface area is 136 Å². The molecule has 0 unspecified atom stereocenters. The van der Waals surface area contributed by atoms with Crippen molar-refractivity contribution in [2.75, 3.05) is 11.9 Å². The van der Waals surface area contributed by atoms with Gasteiger partial charge < -0.3 is 15.2 Å². The number of nitrogens with zero attached hydrogens (tertiary/aromatic N) is 1. The molecule has 8 nitrogen and oxygen atoms in total. The van der Waals surface area contributed by atoms with E-state index in [2.05, 4.69) is 5.32 Å². The second-order valence-electron chi connectivity index (χ2n) is 4.92. The van der Waals surface area contributed by atoms with Gasteiger partial charge in [-0.25, -0.2) is 4.79 Å². The number of esters is 1. The number of para-hydroxylation sites is 2. The number of benzene rings is 2. The van der Waals surface area contributed by atoms with Crippen molar-refractivity contribution in [1.29, 1.82) is 0 Å². The maximum absolute atomic E-state index is 11.8. The molecule has 0 heterocycles. The van der Waals surface area contributed by atoms with E-state index in [1.54, 1.807) is 13.0 Å². The van der Waals surface area contributed by atoms with Gasteiger partial charge in [0.2, 0.25) is 0 Å². The third-order valence-electron chi connectivity index (χ3n) is 3.08. The zero-order valence-electron chi connectivity index (χ0n) is 12.7. The lowest BCUT2D eigenvalue weighted by Gasteiger charge is -2.08. The van der Waals surface area contributed by atoms with E-state index in [-0.39, 0.29) is 22.7 Å². The Morgan fingerprint density at radius 2 is 1.96 bits per heavy atom. The van der Waals surface area contributed by atoms with E-state index < -0.39 is 23.4 Å². The van der Waals surface area contributed by atoms with Crippen LogP contribution in [0.25, 0.3) is 0 Å². The molecule has 0 aromatic heterocycles. The zero-order valence-corrected chi connectivity index (χ0v) is 12.7. The van der Waals surface area contributed by atoms with Gasteiger partial charge in [0.1, 0.15) is 17.0 Å². The van der Waals surface area contributed by atoms with Crippen LogP contribution >= 0.6 is 0 Å². The SMILES string of the molecule is Cc1ccc(C(=O)OCC(=O)Nc2ccccc2[N+](=O)[O-])c(O)c1. The Morgan fingerprint density at radius 1 is 1.25 bits per heavy atom. The highest BCUT2D eigenvalue weighted by atomic mass is 16.6. The van der Waals surface area contributed by atoms with E-state index in [1.165, 1.54) is 36.4 Å². The number of hydrogen-bond donors (Lipinski definition) is 2. The normalized spacial score (nSPS) is 10.0. The second-order valence-corrected chi connectivity index (χ2v) is 4.92. The zero-order chi connectivity index (χ0) is 17.7. The monoisotopic (exact) mass is 330 g/mol. The van der Waals surface area contributed by atoms with Crippen LogP contribution in [0.2, 0.25) is 0 Å². The molecule has 0 aliphatic heterocycles. The van der Waals surface area contributed by atoms with Gasteiger partial charge in [-0.2, -0.15) is 0 Å². The van der Waals surface area contributed by atoms with Gasteiger partial charge in [-0.1, -0.05) is 18.2 Å². The summed E-state index contributed by atoms with van der Waals surface area (Å²) >= 11 is 0. The van der Waals surface area contributed by atoms with Gasteiger partial charge in [0.15, 0.2) is 6.61 Å². The molecule has 0 radical (unpaired) electrons. The topological polar surface area (TPSA) is 119 Å². The largest absolute Gasteiger partial charge is 0.507 e. The number of rotatable bonds is 5. The molecule has 2 aromatic carbocycles. The van der Waals surface area contributed by atoms with Crippen LogP contribution in [0.5, 0.6) is 5.75 Å². The number of amides is 1. The fourth-order valence-electron chi connectivity index (χ4n) is 1.95. The smallest absolute Gasteiger partial charge is 0.342 e. The van der Waals surface area contributed by atoms with Crippen LogP contribution in [0.4, 0.5) is 11.4 Å². The lowest BCUT2D eigenvalue weighted by atomic mass is 10.1. The minimum Gasteiger partial charge on any atom is -0.507 e. The molecule has 0 saturated heterocycles. The molecule has 2 aromatic rings. The van der Waals surface area contributed by atoms with E-state index in [9.17, 15) is 24.8 Å². The second kappa shape index (κ2) is 7.23. The van der Waals surface area contributed by atoms with Crippen molar-refractivity contribution in [3.8, 4) is 5.75 Å². The number of ether oxygens (including phenoxy) is 1. The summed E-state index contributed by atoms with van der Waals surface area (Å²) in [6.45, 7) is 1.10. The number of carbonyl (C=O) groups excluding carboxylic acids is 2. The van der Waals surface area contributed by atoms with Crippen molar-refractivity contribution in [1.82, 2.24) is 0 Å². The molecule has 0 spiro atoms. The molecule has 0 saturated carbocycles. The molecule has 0 aliphatic carbocycles. The fourth-order valence-corrected chi connectivity index (χ4v) is 1.95. The Hall–Kier alpha value is -3.42. The Kier molecular flexibility index (Phi) is 5.10. The lowest BCUT2D eigenvalue weighted by Crippen LogP contribution is -2.21. The van der Waals surface area contributed by atoms with Crippen molar-refractivity contribution < 1.29 is 24.4 Å². The molecule has 0 aliphatic rings. The minimum atomic E-state index is -0.870. The molecule has 0 bridgehead atoms. The van der Waals surface area contributed by atoms with Crippen molar-refractivity contribution in [2.24, 2.45) is 0 Å². The van der Waals surface area contributed by atoms with Gasteiger partial charge in [0, 0.05) is 6.07 Å². The number of anilines is 1. The highest BCUT2D eigenvalue weighted by molar-refractivity contribution is 5.97. The first-order chi connectivity index (χ1) is 11.4. The molecule has 24 heavy (non-hydrogen) atoms. The summed E-state index contributed by atoms with van der Waals surface area (Å²) in [5.74, 6) is -1.85. The standard InChI is InChI=1S/C16H14N2O6/c1-10-6-7-11(14(19)8-10)16(21)24-9-15(20)17-12-4-2-3-5-13(12)18(22)23/h2-8,19H,9H2,1H3,(H,17,20). The van der Waals surface area contributed by atoms with Crippen molar-refractivity contribution >= 4 is 23.3 Å². The fraction of sp³-hybridized carbons (Fsp3) is 0.125. The summed E-state index contributed by atoms with van der Waals surface area (Å²) in [4.78, 5) is 33.9. The first kappa shape index (κ1) is 16.9. The third-order valence-corrected chi connectivity index (χ3v) is 3.08. The Morgan fingerprint density at radius 3 is 2.62 bits per heavy atom. The summed E-state index contributed by atoms with van der Waals surface area (Å²) < 4.78 is 4.80. The van der Waals surface area contributed by atoms with Crippen LogP contribution in [-0.2, 0) is 9.53 Å². The number of nitrogens with one attached hydrogen (secondary N) is 1. The maximum Gasteiger partial charge on any atom is 0.342 e. The number of aryl methyl sites for hydroxylation is 1. The van der Waals surface area contributed by atoms with Crippen LogP contribution in [0.1, 0.15) is 15.9 Å². The van der Waals surface area contributed by atoms with Crippen molar-refractivity contribution in [3.05, 3.63) is 63.7 Å². The predicted molar refractivity (Wildman–Crippen MR) is 84.9 cm³/mol. The minimum absolute atomic E-state index is 0.00160. The van der Waals surface area contributed by atoms with Crippen LogP contribution in [-0.4, -0.2) is 28.5 Å². The van der Waals surface area contributed by atoms with Crippen LogP contribution in [0.15, 0.2) is 42.5 Å². The van der Waals surface area contributed by atoms with E-state index >= 15 is 0 Å². The van der Waals surface area contributed by atoms with Gasteiger partial charge in [-0.05, 0) is 30.7 Å². The lowest BCUT2D eigenvalue weighted by molar-refractivity contribution is -0.383. The van der Waals surface area contributed by atoms with Gasteiger partial charge in [-0.15, -0.1) is 0 Å². The first-order valence-electron chi connectivity index (χ1n) is 6.88. The quantitative estimate of drug-likeness (QED) is 0.493. The molecule has 8 heteroatoms. The summed E-state index contributed by atoms with van der Waals surface area (Å²) in [7, 11) is 0. The average Bonchev–Trinajstić information content (AvgIpc) is 2.53. The molecule has 0 fully saturated rings. The van der Waals surface area contributed by atoms with Crippen molar-refractivity contribution in [3.63, 3.8) is 0 Å². The summed E-state index contributed by atoms with van der Waals surface area (Å²) in [6.07, 6.45) is 0. The predicted octanol–water partition coefficient (Wildman–Crippen LogP) is 2.40. The number of nitro groups is 1. The Bertz CT molecular complexity index is 803.